The SMILES string of the molecule is CCCCCCCC/C=C\CCCCCCCCCCCC(=O)NC(COC1OC(CO)C(OC2OC(CO)C(OC3OC(CO)C(O)C(O)C3O)C(O)C2O)C(O)C1O)C(O)/C=C/CCCCCCCCCCCCCCCCCCCCCCC. The van der Waals surface area contributed by atoms with E-state index in [2.05, 4.69) is 31.3 Å². The molecule has 3 saturated heterocycles. The number of carbonyl (C=O) groups excluding carboxylic acids is 1. The predicted molar refractivity (Wildman–Crippen MR) is 337 cm³/mol. The minimum Gasteiger partial charge on any atom is -0.394 e. The fourth-order valence-electron chi connectivity index (χ4n) is 12.0. The molecule has 0 aromatic carbocycles. The smallest absolute Gasteiger partial charge is 0.220 e. The molecule has 3 aliphatic heterocycles. The van der Waals surface area contributed by atoms with Crippen LogP contribution in [0.25, 0.3) is 0 Å². The first kappa shape index (κ1) is 79.5. The summed E-state index contributed by atoms with van der Waals surface area (Å²) < 4.78 is 34.4. The topological polar surface area (TPSA) is 307 Å². The third-order valence-corrected chi connectivity index (χ3v) is 17.7. The van der Waals surface area contributed by atoms with Crippen molar-refractivity contribution in [1.82, 2.24) is 5.32 Å². The molecule has 17 atom stereocenters. The standard InChI is InChI=1S/C68H127NO18/c1-3-5-7-9-11-13-15-17-19-21-23-24-25-26-28-29-31-33-35-37-39-41-43-45-52(73)51(69-56(74)46-44-42-40-38-36-34-32-30-27-22-20-18-16-14-12-10-8-6-4-2)50-82-66-62(80)59(77)64(54(48-71)84-66)87-68-63(81)60(78)65(55(49-72)85-68)86-67-61(79)58(76)57(75)53(47-70)83-67/h18,20,43,45,51-55,57-68,70-73,75-81H,3-17,19,21-42,44,46-50H2,1-2H3,(H,69,74)/b20-18-,45-43+. The summed E-state index contributed by atoms with van der Waals surface area (Å²) in [4.78, 5) is 13.4. The maximum Gasteiger partial charge on any atom is 0.220 e. The average Bonchev–Trinajstić information content (AvgIpc) is 2.87. The lowest BCUT2D eigenvalue weighted by Gasteiger charge is -2.48. The number of nitrogens with one attached hydrogen (secondary N) is 1. The summed E-state index contributed by atoms with van der Waals surface area (Å²) >= 11 is 0. The Morgan fingerprint density at radius 3 is 1.11 bits per heavy atom. The van der Waals surface area contributed by atoms with Crippen LogP contribution in [0, 0.1) is 0 Å². The Balaban J connectivity index is 1.45. The quantitative estimate of drug-likeness (QED) is 0.0200. The highest BCUT2D eigenvalue weighted by Crippen LogP contribution is 2.33. The minimum atomic E-state index is -1.98. The second-order valence-electron chi connectivity index (χ2n) is 25.3. The van der Waals surface area contributed by atoms with Gasteiger partial charge < -0.3 is 89.9 Å². The summed E-state index contributed by atoms with van der Waals surface area (Å²) in [5, 5.41) is 121. The van der Waals surface area contributed by atoms with Gasteiger partial charge in [0.2, 0.25) is 5.91 Å². The van der Waals surface area contributed by atoms with Gasteiger partial charge in [-0.25, -0.2) is 0 Å². The third kappa shape index (κ3) is 33.1. The summed E-state index contributed by atoms with van der Waals surface area (Å²) in [6, 6.07) is -0.973. The molecule has 3 aliphatic rings. The highest BCUT2D eigenvalue weighted by atomic mass is 16.8. The van der Waals surface area contributed by atoms with Crippen molar-refractivity contribution < 1.29 is 89.4 Å². The number of rotatable bonds is 54. The van der Waals surface area contributed by atoms with Crippen LogP contribution in [0.5, 0.6) is 0 Å². The molecule has 19 heteroatoms. The van der Waals surface area contributed by atoms with Gasteiger partial charge >= 0.3 is 0 Å². The van der Waals surface area contributed by atoms with Crippen molar-refractivity contribution in [2.75, 3.05) is 26.4 Å². The van der Waals surface area contributed by atoms with E-state index in [-0.39, 0.29) is 18.9 Å². The summed E-state index contributed by atoms with van der Waals surface area (Å²) in [6.07, 6.45) is 30.0. The first-order valence-electron chi connectivity index (χ1n) is 35.1. The molecule has 0 aromatic heterocycles. The lowest BCUT2D eigenvalue weighted by Crippen LogP contribution is -2.66. The molecule has 3 heterocycles. The molecule has 87 heavy (non-hydrogen) atoms. The van der Waals surface area contributed by atoms with Crippen molar-refractivity contribution >= 4 is 5.91 Å². The summed E-state index contributed by atoms with van der Waals surface area (Å²) in [7, 11) is 0. The number of aliphatic hydroxyl groups is 11. The zero-order chi connectivity index (χ0) is 63.3. The van der Waals surface area contributed by atoms with E-state index < -0.39 is 124 Å². The fourth-order valence-corrected chi connectivity index (χ4v) is 12.0. The predicted octanol–water partition coefficient (Wildman–Crippen LogP) is 9.05. The molecule has 1 amide bonds. The molecule has 0 radical (unpaired) electrons. The van der Waals surface area contributed by atoms with E-state index in [4.69, 9.17) is 28.4 Å². The lowest BCUT2D eigenvalue weighted by atomic mass is 9.96. The van der Waals surface area contributed by atoms with Crippen molar-refractivity contribution in [3.05, 3.63) is 24.3 Å². The molecular formula is C68H127NO18. The Kier molecular flexibility index (Phi) is 46.4. The summed E-state index contributed by atoms with van der Waals surface area (Å²) in [6.45, 7) is 1.76. The molecule has 512 valence electrons. The van der Waals surface area contributed by atoms with Gasteiger partial charge in [-0.2, -0.15) is 0 Å². The molecule has 0 bridgehead atoms. The van der Waals surface area contributed by atoms with Crippen LogP contribution in [-0.4, -0.2) is 193 Å². The monoisotopic (exact) mass is 1250 g/mol. The number of ether oxygens (including phenoxy) is 6. The van der Waals surface area contributed by atoms with Crippen LogP contribution in [0.1, 0.15) is 271 Å². The molecular weight excluding hydrogens is 1120 g/mol. The van der Waals surface area contributed by atoms with Gasteiger partial charge in [-0.1, -0.05) is 244 Å². The number of aliphatic hydroxyl groups excluding tert-OH is 11. The maximum absolute atomic E-state index is 13.4. The van der Waals surface area contributed by atoms with Gasteiger partial charge in [-0.05, 0) is 44.9 Å². The normalized spacial score (nSPS) is 28.7. The van der Waals surface area contributed by atoms with Crippen molar-refractivity contribution in [3.8, 4) is 0 Å². The number of carbonyl (C=O) groups is 1. The van der Waals surface area contributed by atoms with E-state index in [0.29, 0.717) is 6.42 Å². The molecule has 17 unspecified atom stereocenters. The van der Waals surface area contributed by atoms with Gasteiger partial charge in [0.05, 0.1) is 38.6 Å². The molecule has 12 N–H and O–H groups in total. The van der Waals surface area contributed by atoms with E-state index in [1.807, 2.05) is 6.08 Å². The Hall–Kier alpha value is -1.73. The first-order chi connectivity index (χ1) is 42.3. The fraction of sp³-hybridized carbons (Fsp3) is 0.926. The van der Waals surface area contributed by atoms with Crippen LogP contribution >= 0.6 is 0 Å². The first-order valence-corrected chi connectivity index (χ1v) is 35.1. The minimum absolute atomic E-state index is 0.243. The van der Waals surface area contributed by atoms with Crippen LogP contribution < -0.4 is 5.32 Å². The summed E-state index contributed by atoms with van der Waals surface area (Å²) in [5.74, 6) is -0.275. The third-order valence-electron chi connectivity index (χ3n) is 17.7. The Morgan fingerprint density at radius 2 is 0.724 bits per heavy atom. The van der Waals surface area contributed by atoms with Gasteiger partial charge in [-0.3, -0.25) is 4.79 Å². The van der Waals surface area contributed by atoms with E-state index in [1.165, 1.54) is 193 Å². The number of hydrogen-bond acceptors (Lipinski definition) is 18. The molecule has 0 aliphatic carbocycles. The van der Waals surface area contributed by atoms with Crippen LogP contribution in [0.3, 0.4) is 0 Å². The second kappa shape index (κ2) is 50.8. The Morgan fingerprint density at radius 1 is 0.402 bits per heavy atom. The molecule has 3 rings (SSSR count). The summed E-state index contributed by atoms with van der Waals surface area (Å²) in [5.41, 5.74) is 0. The molecule has 19 nitrogen and oxygen atoms in total. The van der Waals surface area contributed by atoms with Crippen LogP contribution in [0.2, 0.25) is 0 Å². The molecule has 0 saturated carbocycles. The number of hydrogen-bond donors (Lipinski definition) is 12. The van der Waals surface area contributed by atoms with E-state index >= 15 is 0 Å². The van der Waals surface area contributed by atoms with Gasteiger partial charge in [0.1, 0.15) is 73.2 Å². The number of unbranched alkanes of at least 4 members (excludes halogenated alkanes) is 36. The van der Waals surface area contributed by atoms with E-state index in [1.54, 1.807) is 6.08 Å². The van der Waals surface area contributed by atoms with Crippen molar-refractivity contribution in [3.63, 3.8) is 0 Å². The van der Waals surface area contributed by atoms with Crippen LogP contribution in [0.4, 0.5) is 0 Å². The average molecular weight is 1250 g/mol. The Labute approximate surface area is 524 Å². The van der Waals surface area contributed by atoms with Gasteiger partial charge in [-0.15, -0.1) is 0 Å². The van der Waals surface area contributed by atoms with E-state index in [9.17, 15) is 61.0 Å². The number of allylic oxidation sites excluding steroid dienone is 3. The molecule has 0 aromatic rings. The number of amides is 1. The Bertz CT molecular complexity index is 1680. The van der Waals surface area contributed by atoms with Gasteiger partial charge in [0.25, 0.3) is 0 Å². The van der Waals surface area contributed by atoms with Crippen LogP contribution in [0.15, 0.2) is 24.3 Å². The van der Waals surface area contributed by atoms with Crippen molar-refractivity contribution in [2.24, 2.45) is 0 Å². The lowest BCUT2D eigenvalue weighted by molar-refractivity contribution is -0.379. The zero-order valence-electron chi connectivity index (χ0n) is 54.0. The molecule has 0 spiro atoms. The molecule has 3 fully saturated rings. The largest absolute Gasteiger partial charge is 0.394 e. The maximum atomic E-state index is 13.4. The van der Waals surface area contributed by atoms with Gasteiger partial charge in [0, 0.05) is 6.42 Å². The van der Waals surface area contributed by atoms with Crippen molar-refractivity contribution in [2.45, 2.75) is 375 Å². The zero-order valence-corrected chi connectivity index (χ0v) is 54.0. The second-order valence-corrected chi connectivity index (χ2v) is 25.3. The van der Waals surface area contributed by atoms with E-state index in [0.717, 1.165) is 51.4 Å². The highest BCUT2D eigenvalue weighted by Gasteiger charge is 2.53. The van der Waals surface area contributed by atoms with Crippen LogP contribution in [-0.2, 0) is 33.2 Å². The van der Waals surface area contributed by atoms with Crippen molar-refractivity contribution in [1.29, 1.82) is 0 Å². The van der Waals surface area contributed by atoms with Gasteiger partial charge in [0.15, 0.2) is 18.9 Å². The highest BCUT2D eigenvalue weighted by molar-refractivity contribution is 5.76.